The summed E-state index contributed by atoms with van der Waals surface area (Å²) in [5.74, 6) is -2.15. The standard InChI is InChI=1S/C17H21F2N3O2/c1-10-4-5-20-8-14(10)21-17(24)11-6-16(23)22(9-11)15-3-2-12(18)7-13(15)19/h2-3,7,10-11,14,20H,4-6,8-9H2,1H3,(H,21,24). The van der Waals surface area contributed by atoms with Gasteiger partial charge in [-0.25, -0.2) is 8.78 Å². The third-order valence-corrected chi connectivity index (χ3v) is 4.85. The predicted octanol–water partition coefficient (Wildman–Crippen LogP) is 1.43. The molecular formula is C17H21F2N3O2. The molecule has 2 N–H and O–H groups in total. The molecule has 0 aliphatic carbocycles. The molecule has 7 heteroatoms. The first kappa shape index (κ1) is 16.8. The zero-order valence-electron chi connectivity index (χ0n) is 13.5. The highest BCUT2D eigenvalue weighted by molar-refractivity contribution is 6.00. The van der Waals surface area contributed by atoms with Gasteiger partial charge in [-0.3, -0.25) is 9.59 Å². The number of amides is 2. The number of rotatable bonds is 3. The Morgan fingerprint density at radius 3 is 2.88 bits per heavy atom. The van der Waals surface area contributed by atoms with Gasteiger partial charge >= 0.3 is 0 Å². The van der Waals surface area contributed by atoms with Crippen molar-refractivity contribution in [3.05, 3.63) is 29.8 Å². The number of carbonyl (C=O) groups is 2. The molecule has 0 bridgehead atoms. The number of piperidine rings is 1. The van der Waals surface area contributed by atoms with Crippen LogP contribution in [0.15, 0.2) is 18.2 Å². The van der Waals surface area contributed by atoms with Crippen molar-refractivity contribution in [3.63, 3.8) is 0 Å². The Morgan fingerprint density at radius 1 is 1.38 bits per heavy atom. The van der Waals surface area contributed by atoms with E-state index in [-0.39, 0.29) is 36.5 Å². The van der Waals surface area contributed by atoms with Gasteiger partial charge in [0.1, 0.15) is 11.6 Å². The molecule has 0 saturated carbocycles. The number of benzene rings is 1. The van der Waals surface area contributed by atoms with Crippen LogP contribution < -0.4 is 15.5 Å². The van der Waals surface area contributed by atoms with E-state index in [9.17, 15) is 18.4 Å². The summed E-state index contributed by atoms with van der Waals surface area (Å²) >= 11 is 0. The van der Waals surface area contributed by atoms with Crippen LogP contribution in [-0.4, -0.2) is 37.5 Å². The quantitative estimate of drug-likeness (QED) is 0.877. The number of hydrogen-bond donors (Lipinski definition) is 2. The number of nitrogens with one attached hydrogen (secondary N) is 2. The van der Waals surface area contributed by atoms with Gasteiger partial charge in [-0.1, -0.05) is 6.92 Å². The van der Waals surface area contributed by atoms with Gasteiger partial charge in [0, 0.05) is 31.6 Å². The lowest BCUT2D eigenvalue weighted by Crippen LogP contribution is -2.51. The Labute approximate surface area is 139 Å². The first-order chi connectivity index (χ1) is 11.5. The molecule has 3 atom stereocenters. The lowest BCUT2D eigenvalue weighted by molar-refractivity contribution is -0.127. The molecule has 1 aromatic rings. The number of anilines is 1. The predicted molar refractivity (Wildman–Crippen MR) is 85.4 cm³/mol. The van der Waals surface area contributed by atoms with Gasteiger partial charge in [0.25, 0.3) is 0 Å². The summed E-state index contributed by atoms with van der Waals surface area (Å²) in [4.78, 5) is 25.8. The highest BCUT2D eigenvalue weighted by Crippen LogP contribution is 2.28. The van der Waals surface area contributed by atoms with E-state index in [0.29, 0.717) is 12.5 Å². The maximum atomic E-state index is 13.9. The van der Waals surface area contributed by atoms with Crippen molar-refractivity contribution in [2.24, 2.45) is 11.8 Å². The fraction of sp³-hybridized carbons (Fsp3) is 0.529. The van der Waals surface area contributed by atoms with Crippen LogP contribution in [0.3, 0.4) is 0 Å². The van der Waals surface area contributed by atoms with Crippen LogP contribution in [0.25, 0.3) is 0 Å². The number of hydrogen-bond acceptors (Lipinski definition) is 3. The van der Waals surface area contributed by atoms with Crippen molar-refractivity contribution in [3.8, 4) is 0 Å². The van der Waals surface area contributed by atoms with Crippen LogP contribution in [0.4, 0.5) is 14.5 Å². The average molecular weight is 337 g/mol. The van der Waals surface area contributed by atoms with Crippen LogP contribution in [0, 0.1) is 23.5 Å². The van der Waals surface area contributed by atoms with Crippen LogP contribution in [0.1, 0.15) is 19.8 Å². The molecule has 0 aromatic heterocycles. The molecule has 130 valence electrons. The number of halogens is 2. The second-order valence-corrected chi connectivity index (χ2v) is 6.59. The summed E-state index contributed by atoms with van der Waals surface area (Å²) < 4.78 is 26.9. The van der Waals surface area contributed by atoms with Gasteiger partial charge in [-0.2, -0.15) is 0 Å². The van der Waals surface area contributed by atoms with E-state index < -0.39 is 17.6 Å². The van der Waals surface area contributed by atoms with Gasteiger partial charge in [0.05, 0.1) is 11.6 Å². The van der Waals surface area contributed by atoms with Crippen LogP contribution >= 0.6 is 0 Å². The Morgan fingerprint density at radius 2 is 2.17 bits per heavy atom. The van der Waals surface area contributed by atoms with E-state index in [1.807, 2.05) is 0 Å². The Kier molecular flexibility index (Phi) is 4.80. The second kappa shape index (κ2) is 6.84. The summed E-state index contributed by atoms with van der Waals surface area (Å²) in [6.07, 6.45) is 1.03. The minimum Gasteiger partial charge on any atom is -0.352 e. The van der Waals surface area contributed by atoms with Crippen LogP contribution in [0.2, 0.25) is 0 Å². The summed E-state index contributed by atoms with van der Waals surface area (Å²) in [6, 6.07) is 3.12. The van der Waals surface area contributed by atoms with Crippen molar-refractivity contribution in [2.75, 3.05) is 24.5 Å². The maximum absolute atomic E-state index is 13.9. The molecule has 0 radical (unpaired) electrons. The van der Waals surface area contributed by atoms with E-state index in [0.717, 1.165) is 25.1 Å². The third kappa shape index (κ3) is 3.40. The second-order valence-electron chi connectivity index (χ2n) is 6.59. The minimum atomic E-state index is -0.797. The summed E-state index contributed by atoms with van der Waals surface area (Å²) in [6.45, 7) is 3.85. The Hall–Kier alpha value is -2.02. The van der Waals surface area contributed by atoms with Gasteiger partial charge in [-0.15, -0.1) is 0 Å². The number of nitrogens with zero attached hydrogens (tertiary/aromatic N) is 1. The third-order valence-electron chi connectivity index (χ3n) is 4.85. The van der Waals surface area contributed by atoms with Crippen molar-refractivity contribution < 1.29 is 18.4 Å². The smallest absolute Gasteiger partial charge is 0.227 e. The SMILES string of the molecule is CC1CCNCC1NC(=O)C1CC(=O)N(c2ccc(F)cc2F)C1. The van der Waals surface area contributed by atoms with Crippen LogP contribution in [-0.2, 0) is 9.59 Å². The summed E-state index contributed by atoms with van der Waals surface area (Å²) in [5, 5.41) is 6.23. The minimum absolute atomic E-state index is 0.0180. The zero-order valence-corrected chi connectivity index (χ0v) is 13.5. The molecule has 3 unspecified atom stereocenters. The van der Waals surface area contributed by atoms with Gasteiger partial charge in [-0.05, 0) is 31.0 Å². The highest BCUT2D eigenvalue weighted by atomic mass is 19.1. The largest absolute Gasteiger partial charge is 0.352 e. The molecule has 0 spiro atoms. The van der Waals surface area contributed by atoms with Crippen molar-refractivity contribution in [1.29, 1.82) is 0 Å². The molecule has 2 fully saturated rings. The molecule has 3 rings (SSSR count). The highest BCUT2D eigenvalue weighted by Gasteiger charge is 2.37. The Balaban J connectivity index is 1.66. The molecule has 2 heterocycles. The topological polar surface area (TPSA) is 61.4 Å². The van der Waals surface area contributed by atoms with Crippen molar-refractivity contribution in [1.82, 2.24) is 10.6 Å². The van der Waals surface area contributed by atoms with Crippen LogP contribution in [0.5, 0.6) is 0 Å². The zero-order chi connectivity index (χ0) is 17.3. The average Bonchev–Trinajstić information content (AvgIpc) is 2.91. The molecule has 5 nitrogen and oxygen atoms in total. The monoisotopic (exact) mass is 337 g/mol. The first-order valence-electron chi connectivity index (χ1n) is 8.22. The van der Waals surface area contributed by atoms with Gasteiger partial charge < -0.3 is 15.5 Å². The number of carbonyl (C=O) groups excluding carboxylic acids is 2. The van der Waals surface area contributed by atoms with Gasteiger partial charge in [0.15, 0.2) is 0 Å². The molecule has 2 amide bonds. The van der Waals surface area contributed by atoms with Crippen molar-refractivity contribution in [2.45, 2.75) is 25.8 Å². The Bertz CT molecular complexity index is 653. The van der Waals surface area contributed by atoms with E-state index in [4.69, 9.17) is 0 Å². The molecular weight excluding hydrogens is 316 g/mol. The van der Waals surface area contributed by atoms with E-state index in [1.165, 1.54) is 11.0 Å². The van der Waals surface area contributed by atoms with E-state index in [1.54, 1.807) is 0 Å². The summed E-state index contributed by atoms with van der Waals surface area (Å²) in [7, 11) is 0. The first-order valence-corrected chi connectivity index (χ1v) is 8.22. The normalized spacial score (nSPS) is 27.4. The maximum Gasteiger partial charge on any atom is 0.227 e. The molecule has 1 aromatic carbocycles. The molecule has 2 aliphatic heterocycles. The lowest BCUT2D eigenvalue weighted by atomic mass is 9.94. The lowest BCUT2D eigenvalue weighted by Gasteiger charge is -2.31. The fourth-order valence-corrected chi connectivity index (χ4v) is 3.30. The molecule has 2 saturated heterocycles. The van der Waals surface area contributed by atoms with Crippen molar-refractivity contribution >= 4 is 17.5 Å². The fourth-order valence-electron chi connectivity index (χ4n) is 3.30. The van der Waals surface area contributed by atoms with Gasteiger partial charge in [0.2, 0.25) is 11.8 Å². The molecule has 2 aliphatic rings. The van der Waals surface area contributed by atoms with E-state index in [2.05, 4.69) is 17.6 Å². The summed E-state index contributed by atoms with van der Waals surface area (Å²) in [5.41, 5.74) is 0.0180. The molecule has 24 heavy (non-hydrogen) atoms. The van der Waals surface area contributed by atoms with E-state index >= 15 is 0 Å².